The molecule has 188 valence electrons. The molecule has 0 aromatic heterocycles. The number of hydrogen-bond acceptors (Lipinski definition) is 4. The van der Waals surface area contributed by atoms with Crippen LogP contribution in [0.25, 0.3) is 21.5 Å². The zero-order chi connectivity index (χ0) is 26.3. The van der Waals surface area contributed by atoms with Crippen LogP contribution in [0.15, 0.2) is 77.3 Å². The Balaban J connectivity index is 0.000000187. The number of halogens is 1. The minimum absolute atomic E-state index is 0.359. The fraction of sp³-hybridized carbons (Fsp3) is 0.333. The van der Waals surface area contributed by atoms with Crippen molar-refractivity contribution in [3.05, 3.63) is 88.4 Å². The van der Waals surface area contributed by atoms with Gasteiger partial charge in [0, 0.05) is 4.47 Å². The summed E-state index contributed by atoms with van der Waals surface area (Å²) >= 11 is 3.50. The number of aliphatic hydroxyl groups excluding tert-OH is 2. The Kier molecular flexibility index (Phi) is 7.66. The third-order valence-corrected chi connectivity index (χ3v) is 7.99. The van der Waals surface area contributed by atoms with E-state index in [9.17, 15) is 10.2 Å². The van der Waals surface area contributed by atoms with Gasteiger partial charge in [-0.15, -0.1) is 0 Å². The van der Waals surface area contributed by atoms with Gasteiger partial charge in [-0.2, -0.15) is 0 Å². The first-order valence-corrected chi connectivity index (χ1v) is 13.1. The summed E-state index contributed by atoms with van der Waals surface area (Å²) in [5, 5.41) is 23.9. The van der Waals surface area contributed by atoms with E-state index in [0.717, 1.165) is 42.6 Å². The Labute approximate surface area is 222 Å². The molecule has 0 spiro atoms. The molecule has 36 heavy (non-hydrogen) atoms. The number of fused-ring (bicyclic) bond motifs is 2. The van der Waals surface area contributed by atoms with Crippen molar-refractivity contribution >= 4 is 50.1 Å². The van der Waals surface area contributed by atoms with Crippen molar-refractivity contribution in [3.63, 3.8) is 0 Å². The number of benzene rings is 4. The summed E-state index contributed by atoms with van der Waals surface area (Å²) < 4.78 is 13.4. The first kappa shape index (κ1) is 26.8. The largest absolute Gasteiger partial charge is 0.495 e. The van der Waals surface area contributed by atoms with Crippen LogP contribution in [0, 0.1) is 0 Å². The quantitative estimate of drug-likeness (QED) is 0.275. The van der Waals surface area contributed by atoms with Crippen molar-refractivity contribution in [3.8, 4) is 0 Å². The van der Waals surface area contributed by atoms with Crippen LogP contribution >= 0.6 is 15.9 Å². The van der Waals surface area contributed by atoms with Crippen molar-refractivity contribution in [2.45, 2.75) is 65.0 Å². The first-order valence-electron chi connectivity index (χ1n) is 12.3. The fourth-order valence-corrected chi connectivity index (χ4v) is 5.01. The van der Waals surface area contributed by atoms with E-state index in [2.05, 4.69) is 49.7 Å². The topological polar surface area (TPSA) is 58.9 Å². The molecule has 0 amide bonds. The maximum atomic E-state index is 9.98. The number of rotatable bonds is 3. The van der Waals surface area contributed by atoms with Gasteiger partial charge >= 0.3 is 7.12 Å². The minimum atomic E-state index is -0.503. The summed E-state index contributed by atoms with van der Waals surface area (Å²) in [6.45, 7) is 11.8. The molecule has 5 rings (SSSR count). The van der Waals surface area contributed by atoms with Crippen molar-refractivity contribution in [1.29, 1.82) is 0 Å². The van der Waals surface area contributed by atoms with Gasteiger partial charge in [-0.3, -0.25) is 0 Å². The molecule has 6 heteroatoms. The molecule has 0 radical (unpaired) electrons. The molecule has 4 nitrogen and oxygen atoms in total. The highest BCUT2D eigenvalue weighted by Gasteiger charge is 2.52. The standard InChI is InChI=1S/C18H23BO3.C12H11BrO/c1-12(20)13-10-11-16(15-9-7-6-8-14(13)15)19-21-17(2,3)18(4,5)22-19;1-8(14)9-6-7-12(13)11-5-3-2-4-10(9)11/h6-12,20H,1-5H3;2-8,14H,1H3. The van der Waals surface area contributed by atoms with Gasteiger partial charge in [-0.1, -0.05) is 82.7 Å². The predicted molar refractivity (Wildman–Crippen MR) is 153 cm³/mol. The molecule has 0 bridgehead atoms. The average Bonchev–Trinajstić information content (AvgIpc) is 3.05. The van der Waals surface area contributed by atoms with Gasteiger partial charge in [0.15, 0.2) is 0 Å². The second kappa shape index (κ2) is 10.3. The average molecular weight is 549 g/mol. The van der Waals surface area contributed by atoms with Crippen molar-refractivity contribution in [2.24, 2.45) is 0 Å². The highest BCUT2D eigenvalue weighted by Crippen LogP contribution is 2.37. The van der Waals surface area contributed by atoms with E-state index in [4.69, 9.17) is 9.31 Å². The van der Waals surface area contributed by atoms with Gasteiger partial charge in [0.25, 0.3) is 0 Å². The Morgan fingerprint density at radius 3 is 1.56 bits per heavy atom. The molecule has 1 aliphatic rings. The van der Waals surface area contributed by atoms with Crippen LogP contribution in [0.4, 0.5) is 0 Å². The van der Waals surface area contributed by atoms with Crippen LogP contribution in [0.5, 0.6) is 0 Å². The highest BCUT2D eigenvalue weighted by atomic mass is 79.9. The lowest BCUT2D eigenvalue weighted by Gasteiger charge is -2.32. The third kappa shape index (κ3) is 5.11. The molecule has 4 aromatic carbocycles. The number of hydrogen-bond donors (Lipinski definition) is 2. The lowest BCUT2D eigenvalue weighted by atomic mass is 9.75. The summed E-state index contributed by atoms with van der Waals surface area (Å²) in [5.74, 6) is 0. The molecule has 2 unspecified atom stereocenters. The summed E-state index contributed by atoms with van der Waals surface area (Å²) in [4.78, 5) is 0. The second-order valence-corrected chi connectivity index (χ2v) is 11.3. The van der Waals surface area contributed by atoms with E-state index in [-0.39, 0.29) is 11.2 Å². The smallest absolute Gasteiger partial charge is 0.399 e. The molecule has 1 heterocycles. The van der Waals surface area contributed by atoms with E-state index in [0.29, 0.717) is 0 Å². The van der Waals surface area contributed by atoms with Gasteiger partial charge in [-0.25, -0.2) is 0 Å². The van der Waals surface area contributed by atoms with Gasteiger partial charge in [-0.05, 0) is 85.7 Å². The van der Waals surface area contributed by atoms with Crippen LogP contribution < -0.4 is 5.46 Å². The molecule has 1 aliphatic heterocycles. The Morgan fingerprint density at radius 1 is 0.639 bits per heavy atom. The summed E-state index contributed by atoms with van der Waals surface area (Å²) in [5.41, 5.74) is 2.20. The zero-order valence-corrected chi connectivity index (χ0v) is 23.3. The molecule has 0 aliphatic carbocycles. The molecule has 1 fully saturated rings. The molecular formula is C30H34BBrO4. The maximum absolute atomic E-state index is 9.98. The van der Waals surface area contributed by atoms with Crippen LogP contribution in [0.1, 0.15) is 64.9 Å². The highest BCUT2D eigenvalue weighted by molar-refractivity contribution is 9.10. The Hall–Kier alpha value is -2.22. The van der Waals surface area contributed by atoms with Gasteiger partial charge in [0.2, 0.25) is 0 Å². The van der Waals surface area contributed by atoms with Gasteiger partial charge < -0.3 is 19.5 Å². The second-order valence-electron chi connectivity index (χ2n) is 10.4. The Bertz CT molecular complexity index is 1360. The lowest BCUT2D eigenvalue weighted by Crippen LogP contribution is -2.41. The summed E-state index contributed by atoms with van der Waals surface area (Å²) in [6.07, 6.45) is -0.926. The SMILES string of the molecule is CC(O)c1ccc(B2OC(C)(C)C(C)(C)O2)c2ccccc12.CC(O)c1ccc(Br)c2ccccc12. The first-order chi connectivity index (χ1) is 16.9. The van der Waals surface area contributed by atoms with Crippen molar-refractivity contribution in [2.75, 3.05) is 0 Å². The van der Waals surface area contributed by atoms with E-state index >= 15 is 0 Å². The lowest BCUT2D eigenvalue weighted by molar-refractivity contribution is 0.00578. The van der Waals surface area contributed by atoms with Crippen LogP contribution in [-0.4, -0.2) is 28.5 Å². The molecule has 2 N–H and O–H groups in total. The zero-order valence-electron chi connectivity index (χ0n) is 21.7. The Morgan fingerprint density at radius 2 is 1.06 bits per heavy atom. The molecule has 1 saturated heterocycles. The monoisotopic (exact) mass is 548 g/mol. The normalized spacial score (nSPS) is 18.1. The van der Waals surface area contributed by atoms with Crippen molar-refractivity contribution < 1.29 is 19.5 Å². The van der Waals surface area contributed by atoms with Crippen LogP contribution in [0.2, 0.25) is 0 Å². The van der Waals surface area contributed by atoms with Crippen molar-refractivity contribution in [1.82, 2.24) is 0 Å². The predicted octanol–water partition coefficient (Wildman–Crippen LogP) is 6.85. The summed E-state index contributed by atoms with van der Waals surface area (Å²) in [6, 6.07) is 24.0. The third-order valence-electron chi connectivity index (χ3n) is 7.30. The van der Waals surface area contributed by atoms with Gasteiger partial charge in [0.1, 0.15) is 0 Å². The van der Waals surface area contributed by atoms with Crippen LogP contribution in [0.3, 0.4) is 0 Å². The van der Waals surface area contributed by atoms with Crippen LogP contribution in [-0.2, 0) is 9.31 Å². The van der Waals surface area contributed by atoms with E-state index in [1.165, 1.54) is 0 Å². The minimum Gasteiger partial charge on any atom is -0.399 e. The number of aliphatic hydroxyl groups is 2. The molecule has 2 atom stereocenters. The van der Waals surface area contributed by atoms with E-state index in [1.54, 1.807) is 13.8 Å². The molecule has 4 aromatic rings. The molecule has 0 saturated carbocycles. The maximum Gasteiger partial charge on any atom is 0.495 e. The summed E-state index contributed by atoms with van der Waals surface area (Å²) in [7, 11) is -0.391. The van der Waals surface area contributed by atoms with E-state index < -0.39 is 19.3 Å². The fourth-order valence-electron chi connectivity index (χ4n) is 4.54. The molecular weight excluding hydrogens is 515 g/mol. The van der Waals surface area contributed by atoms with Gasteiger partial charge in [0.05, 0.1) is 23.4 Å². The van der Waals surface area contributed by atoms with E-state index in [1.807, 2.05) is 66.7 Å².